The number of rotatable bonds is 0. The van der Waals surface area contributed by atoms with Gasteiger partial charge in [-0.25, -0.2) is 0 Å². The van der Waals surface area contributed by atoms with Crippen LogP contribution in [0.1, 0.15) is 51.9 Å². The monoisotopic (exact) mass is 332 g/mol. The Labute approximate surface area is 143 Å². The van der Waals surface area contributed by atoms with Crippen LogP contribution in [0.5, 0.6) is 0 Å². The minimum atomic E-state index is -0.711. The van der Waals surface area contributed by atoms with Gasteiger partial charge in [-0.3, -0.25) is 0 Å². The summed E-state index contributed by atoms with van der Waals surface area (Å²) in [6.45, 7) is 6.47. The maximum atomic E-state index is 11.2. The van der Waals surface area contributed by atoms with Gasteiger partial charge in [0.25, 0.3) is 0 Å². The minimum absolute atomic E-state index is 0.0126. The number of fused-ring (bicyclic) bond motifs is 2. The molecule has 3 aliphatic heterocycles. The van der Waals surface area contributed by atoms with E-state index in [9.17, 15) is 10.2 Å². The molecule has 7 bridgehead atoms. The van der Waals surface area contributed by atoms with Crippen molar-refractivity contribution in [1.29, 1.82) is 0 Å². The highest BCUT2D eigenvalue weighted by atomic mass is 16.7. The molecule has 3 heterocycles. The highest BCUT2D eigenvalue weighted by molar-refractivity contribution is 5.31. The molecule has 132 valence electrons. The molecule has 8 rings (SSSR count). The van der Waals surface area contributed by atoms with E-state index < -0.39 is 12.4 Å². The summed E-state index contributed by atoms with van der Waals surface area (Å²) in [7, 11) is 0. The molecule has 2 spiro atoms. The van der Waals surface area contributed by atoms with E-state index in [4.69, 9.17) is 9.47 Å². The van der Waals surface area contributed by atoms with Gasteiger partial charge in [0, 0.05) is 16.2 Å². The Morgan fingerprint density at radius 3 is 2.71 bits per heavy atom. The van der Waals surface area contributed by atoms with E-state index in [1.54, 1.807) is 0 Å². The number of ether oxygens (including phenoxy) is 2. The van der Waals surface area contributed by atoms with E-state index in [-0.39, 0.29) is 28.6 Å². The smallest absolute Gasteiger partial charge is 0.167 e. The predicted molar refractivity (Wildman–Crippen MR) is 86.7 cm³/mol. The highest BCUT2D eigenvalue weighted by Gasteiger charge is 2.79. The fourth-order valence-electron chi connectivity index (χ4n) is 8.44. The lowest BCUT2D eigenvalue weighted by molar-refractivity contribution is -0.472. The van der Waals surface area contributed by atoms with Crippen LogP contribution in [0.15, 0.2) is 12.2 Å². The van der Waals surface area contributed by atoms with Gasteiger partial charge in [-0.05, 0) is 61.9 Å². The van der Waals surface area contributed by atoms with Crippen LogP contribution >= 0.6 is 0 Å². The van der Waals surface area contributed by atoms with Gasteiger partial charge >= 0.3 is 0 Å². The standard InChI is InChI=1S/C20H28O4/c1-10-11-4-7-20(15(10)21)13(8-11)19-6-3-5-18(2)12(19)9-14(20)23-17(19)24-16(18)22/h11-17,21-22H,1,3-9H2,2H3/t11-,12+,13-,14+,15-,16-,17-,18+,19-,20+/m0/s1. The van der Waals surface area contributed by atoms with Crippen molar-refractivity contribution in [1.82, 2.24) is 0 Å². The zero-order valence-corrected chi connectivity index (χ0v) is 14.4. The minimum Gasteiger partial charge on any atom is -0.388 e. The van der Waals surface area contributed by atoms with Crippen LogP contribution in [-0.2, 0) is 9.47 Å². The first kappa shape index (κ1) is 14.7. The Kier molecular flexibility index (Phi) is 2.52. The fourth-order valence-corrected chi connectivity index (χ4v) is 8.44. The summed E-state index contributed by atoms with van der Waals surface area (Å²) in [5.74, 6) is 1.37. The van der Waals surface area contributed by atoms with Crippen molar-refractivity contribution in [2.75, 3.05) is 0 Å². The van der Waals surface area contributed by atoms with E-state index in [1.165, 1.54) is 0 Å². The predicted octanol–water partition coefficient (Wildman–Crippen LogP) is 2.59. The molecular formula is C20H28O4. The number of hydrogen-bond acceptors (Lipinski definition) is 4. The zero-order valence-electron chi connectivity index (χ0n) is 14.4. The molecule has 0 aromatic rings. The van der Waals surface area contributed by atoms with Crippen molar-refractivity contribution >= 4 is 0 Å². The molecule has 10 atom stereocenters. The van der Waals surface area contributed by atoms with E-state index in [0.717, 1.165) is 50.5 Å². The third-order valence-electron chi connectivity index (χ3n) is 9.49. The SMILES string of the molecule is C=C1[C@H]2CC[C@]3([C@@H](C2)[C@]24CCC[C@]5(C)[C@H]2C[C@H]3O[C@H]4O[C@@H]5O)[C@H]1O. The molecule has 0 unspecified atom stereocenters. The van der Waals surface area contributed by atoms with E-state index in [1.807, 2.05) is 0 Å². The lowest BCUT2D eigenvalue weighted by Crippen LogP contribution is -2.80. The Morgan fingerprint density at radius 2 is 1.88 bits per heavy atom. The zero-order chi connectivity index (χ0) is 16.5. The van der Waals surface area contributed by atoms with Crippen molar-refractivity contribution in [2.45, 2.75) is 76.7 Å². The molecule has 8 fully saturated rings. The van der Waals surface area contributed by atoms with Crippen LogP contribution in [-0.4, -0.2) is 35.0 Å². The molecule has 0 amide bonds. The van der Waals surface area contributed by atoms with E-state index in [0.29, 0.717) is 17.8 Å². The van der Waals surface area contributed by atoms with Gasteiger partial charge in [-0.15, -0.1) is 0 Å². The highest BCUT2D eigenvalue weighted by Crippen LogP contribution is 2.78. The normalized spacial score (nSPS) is 66.5. The average Bonchev–Trinajstić information content (AvgIpc) is 2.58. The van der Waals surface area contributed by atoms with Gasteiger partial charge in [-0.2, -0.15) is 0 Å². The molecule has 3 saturated heterocycles. The molecule has 2 N–H and O–H groups in total. The fraction of sp³-hybridized carbons (Fsp3) is 0.900. The quantitative estimate of drug-likeness (QED) is 0.670. The third-order valence-corrected chi connectivity index (χ3v) is 9.49. The second-order valence-electron chi connectivity index (χ2n) is 9.82. The summed E-state index contributed by atoms with van der Waals surface area (Å²) >= 11 is 0. The van der Waals surface area contributed by atoms with Crippen LogP contribution in [0, 0.1) is 34.0 Å². The van der Waals surface area contributed by atoms with Gasteiger partial charge < -0.3 is 19.7 Å². The summed E-state index contributed by atoms with van der Waals surface area (Å²) in [6, 6.07) is 0. The Morgan fingerprint density at radius 1 is 1.04 bits per heavy atom. The maximum Gasteiger partial charge on any atom is 0.167 e. The molecule has 24 heavy (non-hydrogen) atoms. The molecule has 8 aliphatic rings. The first-order chi connectivity index (χ1) is 11.4. The van der Waals surface area contributed by atoms with Crippen molar-refractivity contribution in [2.24, 2.45) is 34.0 Å². The molecule has 0 radical (unpaired) electrons. The van der Waals surface area contributed by atoms with Crippen LogP contribution in [0.2, 0.25) is 0 Å². The summed E-state index contributed by atoms with van der Waals surface area (Å²) < 4.78 is 12.6. The third kappa shape index (κ3) is 1.25. The van der Waals surface area contributed by atoms with Crippen LogP contribution < -0.4 is 0 Å². The molecule has 0 aromatic heterocycles. The summed E-state index contributed by atoms with van der Waals surface area (Å²) in [4.78, 5) is 0. The van der Waals surface area contributed by atoms with Gasteiger partial charge in [0.1, 0.15) is 0 Å². The summed E-state index contributed by atoms with van der Waals surface area (Å²) in [5, 5.41) is 21.8. The molecule has 4 nitrogen and oxygen atoms in total. The Bertz CT molecular complexity index is 633. The average molecular weight is 332 g/mol. The van der Waals surface area contributed by atoms with Gasteiger partial charge in [0.05, 0.1) is 12.2 Å². The molecule has 0 aromatic carbocycles. The van der Waals surface area contributed by atoms with Crippen LogP contribution in [0.25, 0.3) is 0 Å². The second kappa shape index (κ2) is 4.11. The molecule has 4 heteroatoms. The van der Waals surface area contributed by atoms with Crippen LogP contribution in [0.3, 0.4) is 0 Å². The maximum absolute atomic E-state index is 11.2. The number of aliphatic hydroxyl groups excluding tert-OH is 2. The number of hydrogen-bond donors (Lipinski definition) is 2. The van der Waals surface area contributed by atoms with Gasteiger partial charge in [-0.1, -0.05) is 19.9 Å². The summed E-state index contributed by atoms with van der Waals surface area (Å²) in [5.41, 5.74) is 0.732. The molecular weight excluding hydrogens is 304 g/mol. The van der Waals surface area contributed by atoms with Crippen molar-refractivity contribution < 1.29 is 19.7 Å². The second-order valence-corrected chi connectivity index (χ2v) is 9.82. The van der Waals surface area contributed by atoms with E-state index in [2.05, 4.69) is 13.5 Å². The van der Waals surface area contributed by atoms with Gasteiger partial charge in [0.2, 0.25) is 0 Å². The molecule has 5 saturated carbocycles. The summed E-state index contributed by atoms with van der Waals surface area (Å²) in [6.07, 6.45) is 6.26. The van der Waals surface area contributed by atoms with Crippen molar-refractivity contribution in [3.8, 4) is 0 Å². The lowest BCUT2D eigenvalue weighted by Gasteiger charge is -2.78. The largest absolute Gasteiger partial charge is 0.388 e. The number of aliphatic hydroxyl groups is 2. The van der Waals surface area contributed by atoms with Crippen molar-refractivity contribution in [3.05, 3.63) is 12.2 Å². The van der Waals surface area contributed by atoms with E-state index >= 15 is 0 Å². The Hall–Kier alpha value is -0.420. The topological polar surface area (TPSA) is 58.9 Å². The van der Waals surface area contributed by atoms with Gasteiger partial charge in [0.15, 0.2) is 12.6 Å². The van der Waals surface area contributed by atoms with Crippen LogP contribution in [0.4, 0.5) is 0 Å². The first-order valence-electron chi connectivity index (χ1n) is 9.80. The molecule has 5 aliphatic carbocycles. The lowest BCUT2D eigenvalue weighted by atomic mass is 9.33. The Balaban J connectivity index is 1.56. The first-order valence-corrected chi connectivity index (χ1v) is 9.80. The van der Waals surface area contributed by atoms with Crippen molar-refractivity contribution in [3.63, 3.8) is 0 Å².